The van der Waals surface area contributed by atoms with Crippen LogP contribution >= 0.6 is 0 Å². The molecule has 0 spiro atoms. The summed E-state index contributed by atoms with van der Waals surface area (Å²) in [6.45, 7) is 4.11. The number of pyridine rings is 1. The molecule has 0 atom stereocenters. The number of nitrogens with zero attached hydrogens (tertiary/aromatic N) is 2. The van der Waals surface area contributed by atoms with Crippen LogP contribution in [-0.2, 0) is 11.3 Å². The molecule has 18 heavy (non-hydrogen) atoms. The molecule has 0 unspecified atom stereocenters. The fraction of sp³-hybridized carbons (Fsp3) is 0.357. The molecule has 2 aromatic rings. The van der Waals surface area contributed by atoms with Crippen molar-refractivity contribution in [3.63, 3.8) is 0 Å². The van der Waals surface area contributed by atoms with Crippen molar-refractivity contribution >= 4 is 10.8 Å². The third-order valence-corrected chi connectivity index (χ3v) is 3.40. The Bertz CT molecular complexity index is 550. The van der Waals surface area contributed by atoms with Crippen LogP contribution in [0, 0.1) is 0 Å². The summed E-state index contributed by atoms with van der Waals surface area (Å²) in [6, 6.07) is 5.66. The number of hydrogen-bond acceptors (Lipinski definition) is 4. The maximum absolute atomic E-state index is 10.1. The van der Waals surface area contributed by atoms with Gasteiger partial charge >= 0.3 is 0 Å². The Morgan fingerprint density at radius 2 is 2.06 bits per heavy atom. The van der Waals surface area contributed by atoms with Crippen molar-refractivity contribution in [2.45, 2.75) is 6.54 Å². The maximum atomic E-state index is 10.1. The van der Waals surface area contributed by atoms with Crippen molar-refractivity contribution in [2.24, 2.45) is 0 Å². The van der Waals surface area contributed by atoms with Gasteiger partial charge in [-0.1, -0.05) is 6.07 Å². The number of benzene rings is 1. The van der Waals surface area contributed by atoms with E-state index in [1.54, 1.807) is 12.3 Å². The van der Waals surface area contributed by atoms with Gasteiger partial charge in [-0.05, 0) is 17.5 Å². The lowest BCUT2D eigenvalue weighted by Crippen LogP contribution is -2.35. The van der Waals surface area contributed by atoms with Crippen molar-refractivity contribution in [1.82, 2.24) is 9.88 Å². The predicted octanol–water partition coefficient (Wildman–Crippen LogP) is 1.77. The minimum atomic E-state index is 0.349. The quantitative estimate of drug-likeness (QED) is 0.874. The van der Waals surface area contributed by atoms with E-state index in [-0.39, 0.29) is 0 Å². The Morgan fingerprint density at radius 1 is 1.22 bits per heavy atom. The smallest absolute Gasteiger partial charge is 0.120 e. The summed E-state index contributed by atoms with van der Waals surface area (Å²) in [5, 5.41) is 12.2. The molecule has 4 heteroatoms. The lowest BCUT2D eigenvalue weighted by molar-refractivity contribution is 0.0341. The summed E-state index contributed by atoms with van der Waals surface area (Å²) in [7, 11) is 0. The molecule has 1 aliphatic heterocycles. The van der Waals surface area contributed by atoms with Gasteiger partial charge in [0.1, 0.15) is 5.75 Å². The first kappa shape index (κ1) is 11.4. The van der Waals surface area contributed by atoms with Crippen LogP contribution in [0.3, 0.4) is 0 Å². The molecule has 1 aromatic heterocycles. The molecule has 94 valence electrons. The first-order valence-electron chi connectivity index (χ1n) is 6.19. The van der Waals surface area contributed by atoms with Gasteiger partial charge in [0.25, 0.3) is 0 Å². The minimum absolute atomic E-state index is 0.349. The van der Waals surface area contributed by atoms with Gasteiger partial charge in [-0.15, -0.1) is 0 Å². The summed E-state index contributed by atoms with van der Waals surface area (Å²) in [5.74, 6) is 0.349. The molecule has 1 fully saturated rings. The Balaban J connectivity index is 1.96. The molecule has 1 aromatic carbocycles. The van der Waals surface area contributed by atoms with Crippen molar-refractivity contribution in [3.05, 3.63) is 36.2 Å². The van der Waals surface area contributed by atoms with Crippen LogP contribution < -0.4 is 0 Å². The number of aromatic nitrogens is 1. The van der Waals surface area contributed by atoms with E-state index < -0.39 is 0 Å². The van der Waals surface area contributed by atoms with Crippen LogP contribution in [0.1, 0.15) is 5.56 Å². The highest BCUT2D eigenvalue weighted by Crippen LogP contribution is 2.27. The Labute approximate surface area is 106 Å². The van der Waals surface area contributed by atoms with E-state index in [0.29, 0.717) is 5.75 Å². The third kappa shape index (κ3) is 2.17. The monoisotopic (exact) mass is 244 g/mol. The number of phenols is 1. The number of hydrogen-bond donors (Lipinski definition) is 1. The van der Waals surface area contributed by atoms with E-state index in [1.165, 1.54) is 0 Å². The van der Waals surface area contributed by atoms with E-state index in [0.717, 1.165) is 49.2 Å². The molecule has 4 nitrogen and oxygen atoms in total. The second-order valence-electron chi connectivity index (χ2n) is 4.55. The molecule has 0 bridgehead atoms. The van der Waals surface area contributed by atoms with Crippen LogP contribution in [-0.4, -0.2) is 41.3 Å². The Kier molecular flexibility index (Phi) is 3.13. The van der Waals surface area contributed by atoms with Crippen LogP contribution in [0.4, 0.5) is 0 Å². The molecule has 0 aliphatic carbocycles. The molecule has 1 saturated heterocycles. The van der Waals surface area contributed by atoms with Gasteiger partial charge in [-0.25, -0.2) is 0 Å². The number of fused-ring (bicyclic) bond motifs is 1. The standard InChI is InChI=1S/C14H16N2O2/c17-14-2-1-11-3-4-15-9-12(11)13(14)10-16-5-7-18-8-6-16/h1-4,9,17H,5-8,10H2. The minimum Gasteiger partial charge on any atom is -0.508 e. The van der Waals surface area contributed by atoms with E-state index in [4.69, 9.17) is 4.74 Å². The first-order valence-corrected chi connectivity index (χ1v) is 6.19. The highest BCUT2D eigenvalue weighted by atomic mass is 16.5. The fourth-order valence-electron chi connectivity index (χ4n) is 2.36. The maximum Gasteiger partial charge on any atom is 0.120 e. The fourth-order valence-corrected chi connectivity index (χ4v) is 2.36. The number of rotatable bonds is 2. The number of phenolic OH excluding ortho intramolecular Hbond substituents is 1. The van der Waals surface area contributed by atoms with E-state index in [9.17, 15) is 5.11 Å². The summed E-state index contributed by atoms with van der Waals surface area (Å²) in [5.41, 5.74) is 0.961. The van der Waals surface area contributed by atoms with Crippen molar-refractivity contribution in [3.8, 4) is 5.75 Å². The number of ether oxygens (including phenoxy) is 1. The second-order valence-corrected chi connectivity index (χ2v) is 4.55. The van der Waals surface area contributed by atoms with Gasteiger partial charge in [0, 0.05) is 43.0 Å². The number of aromatic hydroxyl groups is 1. The van der Waals surface area contributed by atoms with Crippen molar-refractivity contribution < 1.29 is 9.84 Å². The van der Waals surface area contributed by atoms with Crippen LogP contribution in [0.5, 0.6) is 5.75 Å². The highest BCUT2D eigenvalue weighted by Gasteiger charge is 2.14. The van der Waals surface area contributed by atoms with E-state index in [1.807, 2.05) is 18.3 Å². The van der Waals surface area contributed by atoms with Gasteiger partial charge in [-0.3, -0.25) is 9.88 Å². The van der Waals surface area contributed by atoms with Gasteiger partial charge in [0.15, 0.2) is 0 Å². The summed E-state index contributed by atoms with van der Waals surface area (Å²) >= 11 is 0. The molecular formula is C14H16N2O2. The number of morpholine rings is 1. The normalized spacial score (nSPS) is 17.1. The Morgan fingerprint density at radius 3 is 2.89 bits per heavy atom. The predicted molar refractivity (Wildman–Crippen MR) is 69.5 cm³/mol. The average Bonchev–Trinajstić information content (AvgIpc) is 2.43. The summed E-state index contributed by atoms with van der Waals surface area (Å²) < 4.78 is 5.34. The summed E-state index contributed by atoms with van der Waals surface area (Å²) in [4.78, 5) is 6.45. The zero-order chi connectivity index (χ0) is 12.4. The topological polar surface area (TPSA) is 45.6 Å². The van der Waals surface area contributed by atoms with Gasteiger partial charge in [0.2, 0.25) is 0 Å². The zero-order valence-electron chi connectivity index (χ0n) is 10.2. The van der Waals surface area contributed by atoms with E-state index >= 15 is 0 Å². The Hall–Kier alpha value is -1.65. The van der Waals surface area contributed by atoms with Crippen molar-refractivity contribution in [1.29, 1.82) is 0 Å². The molecule has 3 rings (SSSR count). The van der Waals surface area contributed by atoms with E-state index in [2.05, 4.69) is 9.88 Å². The van der Waals surface area contributed by atoms with Crippen LogP contribution in [0.2, 0.25) is 0 Å². The third-order valence-electron chi connectivity index (χ3n) is 3.40. The van der Waals surface area contributed by atoms with Crippen molar-refractivity contribution in [2.75, 3.05) is 26.3 Å². The van der Waals surface area contributed by atoms with Gasteiger partial charge in [0.05, 0.1) is 13.2 Å². The first-order chi connectivity index (χ1) is 8.84. The van der Waals surface area contributed by atoms with Crippen LogP contribution in [0.15, 0.2) is 30.6 Å². The highest BCUT2D eigenvalue weighted by molar-refractivity contribution is 5.86. The molecule has 1 N–H and O–H groups in total. The molecule has 0 saturated carbocycles. The average molecular weight is 244 g/mol. The lowest BCUT2D eigenvalue weighted by atomic mass is 10.0. The zero-order valence-corrected chi connectivity index (χ0v) is 10.2. The largest absolute Gasteiger partial charge is 0.508 e. The molecule has 1 aliphatic rings. The molecular weight excluding hydrogens is 228 g/mol. The SMILES string of the molecule is Oc1ccc2ccncc2c1CN1CCOCC1. The molecule has 2 heterocycles. The molecule has 0 amide bonds. The second kappa shape index (κ2) is 4.92. The van der Waals surface area contributed by atoms with Gasteiger partial charge < -0.3 is 9.84 Å². The van der Waals surface area contributed by atoms with Crippen LogP contribution in [0.25, 0.3) is 10.8 Å². The molecule has 0 radical (unpaired) electrons. The lowest BCUT2D eigenvalue weighted by Gasteiger charge is -2.27. The van der Waals surface area contributed by atoms with Gasteiger partial charge in [-0.2, -0.15) is 0 Å². The summed E-state index contributed by atoms with van der Waals surface area (Å²) in [6.07, 6.45) is 3.60.